The minimum atomic E-state index is -0.657. The predicted octanol–water partition coefficient (Wildman–Crippen LogP) is 2.40. The average molecular weight is 327 g/mol. The summed E-state index contributed by atoms with van der Waals surface area (Å²) in [7, 11) is 3.18. The molecule has 1 unspecified atom stereocenters. The number of benzene rings is 2. The summed E-state index contributed by atoms with van der Waals surface area (Å²) in [6.45, 7) is 1.05. The van der Waals surface area contributed by atoms with Crippen molar-refractivity contribution in [2.45, 2.75) is 12.6 Å². The molecule has 3 rings (SSSR count). The van der Waals surface area contributed by atoms with Crippen LogP contribution in [0.15, 0.2) is 42.6 Å². The van der Waals surface area contributed by atoms with Gasteiger partial charge >= 0.3 is 0 Å². The third-order valence-electron chi connectivity index (χ3n) is 3.97. The van der Waals surface area contributed by atoms with Crippen molar-refractivity contribution in [2.24, 2.45) is 0 Å². The van der Waals surface area contributed by atoms with E-state index >= 15 is 0 Å². The first-order valence-corrected chi connectivity index (χ1v) is 7.74. The Kier molecular flexibility index (Phi) is 4.98. The smallest absolute Gasteiger partial charge is 0.122 e. The van der Waals surface area contributed by atoms with Gasteiger partial charge in [-0.1, -0.05) is 18.2 Å². The lowest BCUT2D eigenvalue weighted by Crippen LogP contribution is -2.21. The second kappa shape index (κ2) is 7.33. The van der Waals surface area contributed by atoms with E-state index in [0.29, 0.717) is 24.6 Å². The number of hydrogen-bond donors (Lipinski definition) is 3. The maximum atomic E-state index is 10.4. The third-order valence-corrected chi connectivity index (χ3v) is 3.97. The fourth-order valence-corrected chi connectivity index (χ4v) is 2.66. The Hall–Kier alpha value is -2.57. The van der Waals surface area contributed by atoms with E-state index in [9.17, 15) is 5.11 Å². The zero-order valence-corrected chi connectivity index (χ0v) is 13.7. The molecule has 1 heterocycles. The van der Waals surface area contributed by atoms with Crippen molar-refractivity contribution in [1.29, 1.82) is 0 Å². The highest BCUT2D eigenvalue weighted by Gasteiger charge is 2.11. The minimum Gasteiger partial charge on any atom is -0.497 e. The number of aromatic amines is 1. The van der Waals surface area contributed by atoms with Crippen LogP contribution in [0.5, 0.6) is 11.5 Å². The SMILES string of the molecule is COc1cc(OC)cc(C(O)CNCc2cccc3cn[nH]c23)c1. The molecule has 24 heavy (non-hydrogen) atoms. The van der Waals surface area contributed by atoms with Gasteiger partial charge in [-0.15, -0.1) is 0 Å². The molecule has 6 heteroatoms. The molecule has 3 aromatic rings. The Morgan fingerprint density at radius 1 is 1.17 bits per heavy atom. The van der Waals surface area contributed by atoms with Gasteiger partial charge in [-0.3, -0.25) is 5.10 Å². The molecule has 0 amide bonds. The molecule has 0 radical (unpaired) electrons. The number of fused-ring (bicyclic) bond motifs is 1. The van der Waals surface area contributed by atoms with Gasteiger partial charge in [-0.2, -0.15) is 5.10 Å². The monoisotopic (exact) mass is 327 g/mol. The Morgan fingerprint density at radius 2 is 1.92 bits per heavy atom. The number of methoxy groups -OCH3 is 2. The number of aliphatic hydroxyl groups excluding tert-OH is 1. The summed E-state index contributed by atoms with van der Waals surface area (Å²) >= 11 is 0. The van der Waals surface area contributed by atoms with Crippen molar-refractivity contribution in [3.05, 3.63) is 53.7 Å². The van der Waals surface area contributed by atoms with Crippen molar-refractivity contribution >= 4 is 10.9 Å². The zero-order chi connectivity index (χ0) is 16.9. The topological polar surface area (TPSA) is 79.4 Å². The van der Waals surface area contributed by atoms with Gasteiger partial charge < -0.3 is 19.9 Å². The summed E-state index contributed by atoms with van der Waals surface area (Å²) in [6, 6.07) is 11.4. The first-order chi connectivity index (χ1) is 11.7. The van der Waals surface area contributed by atoms with Gasteiger partial charge in [-0.25, -0.2) is 0 Å². The van der Waals surface area contributed by atoms with E-state index in [1.54, 1.807) is 26.5 Å². The largest absolute Gasteiger partial charge is 0.497 e. The van der Waals surface area contributed by atoms with E-state index < -0.39 is 6.10 Å². The molecule has 0 aliphatic carbocycles. The van der Waals surface area contributed by atoms with Crippen LogP contribution < -0.4 is 14.8 Å². The van der Waals surface area contributed by atoms with Crippen LogP contribution in [0.25, 0.3) is 10.9 Å². The van der Waals surface area contributed by atoms with Crippen LogP contribution in [0.4, 0.5) is 0 Å². The molecule has 126 valence electrons. The number of H-pyrrole nitrogens is 1. The molecule has 1 atom stereocenters. The predicted molar refractivity (Wildman–Crippen MR) is 92.3 cm³/mol. The standard InChI is InChI=1S/C18H21N3O3/c1-23-15-6-14(7-16(8-15)24-2)17(22)11-19-9-12-4-3-5-13-10-20-21-18(12)13/h3-8,10,17,19,22H,9,11H2,1-2H3,(H,20,21). The van der Waals surface area contributed by atoms with Crippen molar-refractivity contribution in [1.82, 2.24) is 15.5 Å². The molecule has 0 spiro atoms. The van der Waals surface area contributed by atoms with Gasteiger partial charge in [0.2, 0.25) is 0 Å². The van der Waals surface area contributed by atoms with Gasteiger partial charge in [0.05, 0.1) is 32.0 Å². The lowest BCUT2D eigenvalue weighted by Gasteiger charge is -2.15. The van der Waals surface area contributed by atoms with E-state index in [1.807, 2.05) is 30.3 Å². The summed E-state index contributed by atoms with van der Waals surface area (Å²) in [5.74, 6) is 1.32. The molecule has 0 bridgehead atoms. The molecular weight excluding hydrogens is 306 g/mol. The third kappa shape index (κ3) is 3.50. The lowest BCUT2D eigenvalue weighted by molar-refractivity contribution is 0.173. The summed E-state index contributed by atoms with van der Waals surface area (Å²) in [4.78, 5) is 0. The van der Waals surface area contributed by atoms with E-state index in [-0.39, 0.29) is 0 Å². The van der Waals surface area contributed by atoms with Gasteiger partial charge in [0, 0.05) is 24.5 Å². The van der Waals surface area contributed by atoms with Gasteiger partial charge in [0.15, 0.2) is 0 Å². The van der Waals surface area contributed by atoms with Crippen molar-refractivity contribution in [3.63, 3.8) is 0 Å². The molecule has 3 N–H and O–H groups in total. The molecule has 0 saturated heterocycles. The number of hydrogen-bond acceptors (Lipinski definition) is 5. The quantitative estimate of drug-likeness (QED) is 0.621. The Labute approximate surface area is 140 Å². The summed E-state index contributed by atoms with van der Waals surface area (Å²) < 4.78 is 10.5. The number of ether oxygens (including phenoxy) is 2. The fraction of sp³-hybridized carbons (Fsp3) is 0.278. The first-order valence-electron chi connectivity index (χ1n) is 7.74. The van der Waals surface area contributed by atoms with Crippen LogP contribution in [0, 0.1) is 0 Å². The van der Waals surface area contributed by atoms with Crippen LogP contribution in [0.3, 0.4) is 0 Å². The fourth-order valence-electron chi connectivity index (χ4n) is 2.66. The second-order valence-corrected chi connectivity index (χ2v) is 5.54. The molecular formula is C18H21N3O3. The highest BCUT2D eigenvalue weighted by Crippen LogP contribution is 2.26. The van der Waals surface area contributed by atoms with Crippen LogP contribution in [-0.4, -0.2) is 36.1 Å². The highest BCUT2D eigenvalue weighted by atomic mass is 16.5. The van der Waals surface area contributed by atoms with E-state index in [1.165, 1.54) is 0 Å². The van der Waals surface area contributed by atoms with Gasteiger partial charge in [-0.05, 0) is 23.3 Å². The molecule has 6 nitrogen and oxygen atoms in total. The number of nitrogens with zero attached hydrogens (tertiary/aromatic N) is 1. The lowest BCUT2D eigenvalue weighted by atomic mass is 10.1. The summed E-state index contributed by atoms with van der Waals surface area (Å²) in [5, 5.41) is 21.8. The van der Waals surface area contributed by atoms with E-state index in [0.717, 1.165) is 22.0 Å². The number of para-hydroxylation sites is 1. The second-order valence-electron chi connectivity index (χ2n) is 5.54. The Balaban J connectivity index is 1.65. The maximum absolute atomic E-state index is 10.4. The molecule has 0 aliphatic rings. The van der Waals surface area contributed by atoms with Crippen molar-refractivity contribution in [2.75, 3.05) is 20.8 Å². The number of aliphatic hydroxyl groups is 1. The molecule has 0 aliphatic heterocycles. The highest BCUT2D eigenvalue weighted by molar-refractivity contribution is 5.81. The number of nitrogens with one attached hydrogen (secondary N) is 2. The summed E-state index contributed by atoms with van der Waals surface area (Å²) in [6.07, 6.45) is 1.14. The Bertz CT molecular complexity index is 794. The van der Waals surface area contributed by atoms with Gasteiger partial charge in [0.1, 0.15) is 11.5 Å². The van der Waals surface area contributed by atoms with E-state index in [4.69, 9.17) is 9.47 Å². The minimum absolute atomic E-state index is 0.418. The van der Waals surface area contributed by atoms with Crippen LogP contribution in [0.2, 0.25) is 0 Å². The van der Waals surface area contributed by atoms with Crippen LogP contribution >= 0.6 is 0 Å². The molecule has 0 saturated carbocycles. The molecule has 2 aromatic carbocycles. The van der Waals surface area contributed by atoms with Crippen molar-refractivity contribution in [3.8, 4) is 11.5 Å². The molecule has 1 aromatic heterocycles. The number of rotatable bonds is 7. The van der Waals surface area contributed by atoms with Crippen LogP contribution in [-0.2, 0) is 6.54 Å². The Morgan fingerprint density at radius 3 is 2.62 bits per heavy atom. The summed E-state index contributed by atoms with van der Waals surface area (Å²) in [5.41, 5.74) is 2.88. The average Bonchev–Trinajstić information content (AvgIpc) is 3.10. The maximum Gasteiger partial charge on any atom is 0.122 e. The van der Waals surface area contributed by atoms with Gasteiger partial charge in [0.25, 0.3) is 0 Å². The van der Waals surface area contributed by atoms with Crippen LogP contribution in [0.1, 0.15) is 17.2 Å². The van der Waals surface area contributed by atoms with E-state index in [2.05, 4.69) is 15.5 Å². The first kappa shape index (κ1) is 16.3. The van der Waals surface area contributed by atoms with Crippen molar-refractivity contribution < 1.29 is 14.6 Å². The normalized spacial score (nSPS) is 12.3. The molecule has 0 fully saturated rings. The zero-order valence-electron chi connectivity index (χ0n) is 13.7. The number of aromatic nitrogens is 2.